The van der Waals surface area contributed by atoms with Gasteiger partial charge in [-0.1, -0.05) is 22.0 Å². The van der Waals surface area contributed by atoms with E-state index in [1.165, 1.54) is 6.42 Å². The summed E-state index contributed by atoms with van der Waals surface area (Å²) >= 11 is 3.41. The fourth-order valence-electron chi connectivity index (χ4n) is 3.24. The molecule has 6 heteroatoms. The Kier molecular flexibility index (Phi) is 6.73. The highest BCUT2D eigenvalue weighted by molar-refractivity contribution is 9.10. The number of ether oxygens (including phenoxy) is 1. The smallest absolute Gasteiger partial charge is 0.259 e. The molecule has 148 valence electrons. The standard InChI is InChI=1S/C22H25BrN2O3/c1-15(2)28-20-10-9-17(23)14-19(20)21(26)24-18-8-6-7-16(13-18)22(27)25-11-4-3-5-12-25/h6-10,13-15H,3-5,11-12H2,1-2H3,(H,24,26). The van der Waals surface area contributed by atoms with Crippen molar-refractivity contribution in [3.8, 4) is 5.75 Å². The molecule has 3 rings (SSSR count). The lowest BCUT2D eigenvalue weighted by molar-refractivity contribution is 0.0724. The zero-order chi connectivity index (χ0) is 20.1. The van der Waals surface area contributed by atoms with E-state index in [-0.39, 0.29) is 17.9 Å². The molecule has 1 saturated heterocycles. The lowest BCUT2D eigenvalue weighted by atomic mass is 10.1. The van der Waals surface area contributed by atoms with Crippen molar-refractivity contribution in [3.05, 3.63) is 58.1 Å². The number of anilines is 1. The van der Waals surface area contributed by atoms with Crippen molar-refractivity contribution in [2.45, 2.75) is 39.2 Å². The molecule has 0 bridgehead atoms. The van der Waals surface area contributed by atoms with Crippen LogP contribution in [0.4, 0.5) is 5.69 Å². The van der Waals surface area contributed by atoms with Crippen LogP contribution in [0.3, 0.4) is 0 Å². The zero-order valence-electron chi connectivity index (χ0n) is 16.2. The third kappa shape index (κ3) is 5.13. The Hall–Kier alpha value is -2.34. The number of rotatable bonds is 5. The van der Waals surface area contributed by atoms with E-state index in [1.54, 1.807) is 36.4 Å². The first-order valence-electron chi connectivity index (χ1n) is 9.61. The van der Waals surface area contributed by atoms with E-state index >= 15 is 0 Å². The molecule has 1 aliphatic heterocycles. The molecule has 1 fully saturated rings. The van der Waals surface area contributed by atoms with Gasteiger partial charge in [-0.25, -0.2) is 0 Å². The molecule has 0 aromatic heterocycles. The summed E-state index contributed by atoms with van der Waals surface area (Å²) in [5, 5.41) is 2.89. The van der Waals surface area contributed by atoms with Gasteiger partial charge in [0.05, 0.1) is 11.7 Å². The van der Waals surface area contributed by atoms with Gasteiger partial charge in [0, 0.05) is 28.8 Å². The molecule has 0 spiro atoms. The number of nitrogens with zero attached hydrogens (tertiary/aromatic N) is 1. The average molecular weight is 445 g/mol. The van der Waals surface area contributed by atoms with Gasteiger partial charge in [0.1, 0.15) is 5.75 Å². The quantitative estimate of drug-likeness (QED) is 0.696. The highest BCUT2D eigenvalue weighted by Gasteiger charge is 2.19. The number of likely N-dealkylation sites (tertiary alicyclic amines) is 1. The number of piperidine rings is 1. The summed E-state index contributed by atoms with van der Waals surface area (Å²) in [6.45, 7) is 5.42. The summed E-state index contributed by atoms with van der Waals surface area (Å²) in [4.78, 5) is 27.4. The van der Waals surface area contributed by atoms with Crippen molar-refractivity contribution in [3.63, 3.8) is 0 Å². The van der Waals surface area contributed by atoms with Crippen LogP contribution in [0.5, 0.6) is 5.75 Å². The monoisotopic (exact) mass is 444 g/mol. The minimum absolute atomic E-state index is 0.0158. The van der Waals surface area contributed by atoms with Crippen LogP contribution in [0.15, 0.2) is 46.9 Å². The molecule has 28 heavy (non-hydrogen) atoms. The van der Waals surface area contributed by atoms with E-state index < -0.39 is 0 Å². The van der Waals surface area contributed by atoms with E-state index in [1.807, 2.05) is 24.8 Å². The van der Waals surface area contributed by atoms with Crippen LogP contribution < -0.4 is 10.1 Å². The predicted molar refractivity (Wildman–Crippen MR) is 114 cm³/mol. The second-order valence-corrected chi connectivity index (χ2v) is 8.11. The third-order valence-corrected chi connectivity index (χ3v) is 5.05. The van der Waals surface area contributed by atoms with Crippen LogP contribution in [-0.4, -0.2) is 35.9 Å². The minimum atomic E-state index is -0.278. The Morgan fingerprint density at radius 1 is 1.07 bits per heavy atom. The Balaban J connectivity index is 1.78. The van der Waals surface area contributed by atoms with Crippen LogP contribution in [0.2, 0.25) is 0 Å². The van der Waals surface area contributed by atoms with E-state index in [0.29, 0.717) is 22.6 Å². The lowest BCUT2D eigenvalue weighted by Gasteiger charge is -2.26. The molecule has 1 N–H and O–H groups in total. The maximum absolute atomic E-state index is 12.8. The number of carbonyl (C=O) groups excluding carboxylic acids is 2. The zero-order valence-corrected chi connectivity index (χ0v) is 17.8. The van der Waals surface area contributed by atoms with Crippen molar-refractivity contribution < 1.29 is 14.3 Å². The van der Waals surface area contributed by atoms with Crippen molar-refractivity contribution in [2.24, 2.45) is 0 Å². The van der Waals surface area contributed by atoms with Gasteiger partial charge in [0.2, 0.25) is 0 Å². The van der Waals surface area contributed by atoms with Crippen LogP contribution in [0.25, 0.3) is 0 Å². The molecular weight excluding hydrogens is 420 g/mol. The molecule has 2 amide bonds. The molecule has 0 atom stereocenters. The summed E-state index contributed by atoms with van der Waals surface area (Å²) in [7, 11) is 0. The van der Waals surface area contributed by atoms with Crippen molar-refractivity contribution in [2.75, 3.05) is 18.4 Å². The Bertz CT molecular complexity index is 861. The molecule has 0 saturated carbocycles. The molecule has 0 unspecified atom stereocenters. The summed E-state index contributed by atoms with van der Waals surface area (Å²) in [5.41, 5.74) is 1.62. The molecule has 5 nitrogen and oxygen atoms in total. The van der Waals surface area contributed by atoms with E-state index in [9.17, 15) is 9.59 Å². The molecular formula is C22H25BrN2O3. The largest absolute Gasteiger partial charge is 0.490 e. The number of halogens is 1. The SMILES string of the molecule is CC(C)Oc1ccc(Br)cc1C(=O)Nc1cccc(C(=O)N2CCCCC2)c1. The van der Waals surface area contributed by atoms with E-state index in [2.05, 4.69) is 21.2 Å². The molecule has 1 heterocycles. The van der Waals surface area contributed by atoms with Gasteiger partial charge in [-0.2, -0.15) is 0 Å². The number of carbonyl (C=O) groups is 2. The summed E-state index contributed by atoms with van der Waals surface area (Å²) in [6, 6.07) is 12.4. The van der Waals surface area contributed by atoms with Crippen LogP contribution in [0, 0.1) is 0 Å². The Morgan fingerprint density at radius 3 is 2.54 bits per heavy atom. The number of hydrogen-bond acceptors (Lipinski definition) is 3. The number of hydrogen-bond donors (Lipinski definition) is 1. The number of benzene rings is 2. The lowest BCUT2D eigenvalue weighted by Crippen LogP contribution is -2.35. The fourth-order valence-corrected chi connectivity index (χ4v) is 3.61. The van der Waals surface area contributed by atoms with Gasteiger partial charge in [-0.3, -0.25) is 9.59 Å². The molecule has 0 aliphatic carbocycles. The second kappa shape index (κ2) is 9.24. The summed E-state index contributed by atoms with van der Waals surface area (Å²) in [5.74, 6) is 0.262. The number of amides is 2. The third-order valence-electron chi connectivity index (χ3n) is 4.56. The maximum atomic E-state index is 12.8. The first-order valence-corrected chi connectivity index (χ1v) is 10.4. The van der Waals surface area contributed by atoms with Crippen molar-refractivity contribution in [1.82, 2.24) is 4.90 Å². The Labute approximate surface area is 174 Å². The summed E-state index contributed by atoms with van der Waals surface area (Å²) < 4.78 is 6.55. The van der Waals surface area contributed by atoms with E-state index in [0.717, 1.165) is 30.4 Å². The first-order chi connectivity index (χ1) is 13.4. The van der Waals surface area contributed by atoms with Gasteiger partial charge in [0.25, 0.3) is 11.8 Å². The summed E-state index contributed by atoms with van der Waals surface area (Å²) in [6.07, 6.45) is 3.22. The molecule has 2 aromatic carbocycles. The van der Waals surface area contributed by atoms with Crippen molar-refractivity contribution in [1.29, 1.82) is 0 Å². The van der Waals surface area contributed by atoms with Gasteiger partial charge < -0.3 is 15.0 Å². The molecule has 2 aromatic rings. The first kappa shape index (κ1) is 20.4. The maximum Gasteiger partial charge on any atom is 0.259 e. The molecule has 1 aliphatic rings. The fraction of sp³-hybridized carbons (Fsp3) is 0.364. The van der Waals surface area contributed by atoms with E-state index in [4.69, 9.17) is 4.74 Å². The van der Waals surface area contributed by atoms with Crippen LogP contribution >= 0.6 is 15.9 Å². The normalized spacial score (nSPS) is 14.1. The minimum Gasteiger partial charge on any atom is -0.490 e. The average Bonchev–Trinajstić information content (AvgIpc) is 2.69. The highest BCUT2D eigenvalue weighted by Crippen LogP contribution is 2.26. The Morgan fingerprint density at radius 2 is 1.82 bits per heavy atom. The second-order valence-electron chi connectivity index (χ2n) is 7.19. The predicted octanol–water partition coefficient (Wildman–Crippen LogP) is 5.11. The number of nitrogens with one attached hydrogen (secondary N) is 1. The van der Waals surface area contributed by atoms with Gasteiger partial charge >= 0.3 is 0 Å². The molecule has 0 radical (unpaired) electrons. The van der Waals surface area contributed by atoms with Crippen LogP contribution in [-0.2, 0) is 0 Å². The van der Waals surface area contributed by atoms with Gasteiger partial charge in [-0.15, -0.1) is 0 Å². The van der Waals surface area contributed by atoms with Gasteiger partial charge in [-0.05, 0) is 69.5 Å². The topological polar surface area (TPSA) is 58.6 Å². The van der Waals surface area contributed by atoms with Crippen LogP contribution in [0.1, 0.15) is 53.8 Å². The van der Waals surface area contributed by atoms with Gasteiger partial charge in [0.15, 0.2) is 0 Å². The van der Waals surface area contributed by atoms with Crippen molar-refractivity contribution >= 4 is 33.4 Å². The highest BCUT2D eigenvalue weighted by atomic mass is 79.9.